The van der Waals surface area contributed by atoms with Gasteiger partial charge in [0.05, 0.1) is 30.0 Å². The molecule has 0 saturated carbocycles. The predicted molar refractivity (Wildman–Crippen MR) is 98.2 cm³/mol. The van der Waals surface area contributed by atoms with E-state index in [0.717, 1.165) is 0 Å². The molecule has 1 amide bonds. The van der Waals surface area contributed by atoms with Crippen LogP contribution >= 0.6 is 11.8 Å². The predicted octanol–water partition coefficient (Wildman–Crippen LogP) is 2.79. The van der Waals surface area contributed by atoms with E-state index in [4.69, 9.17) is 0 Å². The van der Waals surface area contributed by atoms with Crippen molar-refractivity contribution in [1.29, 1.82) is 0 Å². The summed E-state index contributed by atoms with van der Waals surface area (Å²) in [5, 5.41) is 19.9. The quantitative estimate of drug-likeness (QED) is 0.860. The fraction of sp³-hybridized carbons (Fsp3) is 0.368. The Balaban J connectivity index is 1.90. The molecule has 1 aliphatic heterocycles. The van der Waals surface area contributed by atoms with Crippen molar-refractivity contribution in [3.05, 3.63) is 58.9 Å². The minimum absolute atomic E-state index is 0.00526. The van der Waals surface area contributed by atoms with Gasteiger partial charge in [-0.25, -0.2) is 0 Å². The molecule has 0 radical (unpaired) electrons. The number of rotatable bonds is 5. The first-order chi connectivity index (χ1) is 12.0. The van der Waals surface area contributed by atoms with Gasteiger partial charge in [0.25, 0.3) is 0 Å². The second kappa shape index (κ2) is 7.45. The standard InChI is InChI=1S/C19H22N2O3S/c1-12(14-6-4-3-5-7-14)19-21(17(23)11-25-19)9-16-15(10-22)8-20-13(2)18(16)24/h3-8,12,19,22,24H,9-11H2,1-2H3. The van der Waals surface area contributed by atoms with Gasteiger partial charge < -0.3 is 15.1 Å². The minimum Gasteiger partial charge on any atom is -0.506 e. The smallest absolute Gasteiger partial charge is 0.233 e. The summed E-state index contributed by atoms with van der Waals surface area (Å²) in [7, 11) is 0. The summed E-state index contributed by atoms with van der Waals surface area (Å²) >= 11 is 1.62. The fourth-order valence-electron chi connectivity index (χ4n) is 3.15. The number of aryl methyl sites for hydroxylation is 1. The molecule has 2 unspecified atom stereocenters. The highest BCUT2D eigenvalue weighted by Gasteiger charge is 2.36. The summed E-state index contributed by atoms with van der Waals surface area (Å²) in [4.78, 5) is 18.4. The molecule has 3 rings (SSSR count). The molecule has 132 valence electrons. The van der Waals surface area contributed by atoms with E-state index < -0.39 is 0 Å². The monoisotopic (exact) mass is 358 g/mol. The zero-order valence-corrected chi connectivity index (χ0v) is 15.2. The van der Waals surface area contributed by atoms with Crippen LogP contribution in [-0.4, -0.2) is 37.1 Å². The minimum atomic E-state index is -0.218. The maximum absolute atomic E-state index is 12.5. The number of carbonyl (C=O) groups is 1. The van der Waals surface area contributed by atoms with Crippen LogP contribution in [0.4, 0.5) is 0 Å². The van der Waals surface area contributed by atoms with Gasteiger partial charge in [0, 0.05) is 23.2 Å². The Hall–Kier alpha value is -2.05. The van der Waals surface area contributed by atoms with Crippen LogP contribution < -0.4 is 0 Å². The molecule has 0 spiro atoms. The first-order valence-electron chi connectivity index (χ1n) is 8.26. The number of carbonyl (C=O) groups excluding carboxylic acids is 1. The maximum Gasteiger partial charge on any atom is 0.233 e. The molecule has 1 aliphatic rings. The molecule has 0 aliphatic carbocycles. The summed E-state index contributed by atoms with van der Waals surface area (Å²) in [5.74, 6) is 0.708. The largest absolute Gasteiger partial charge is 0.506 e. The molecule has 0 bridgehead atoms. The van der Waals surface area contributed by atoms with E-state index >= 15 is 0 Å². The summed E-state index contributed by atoms with van der Waals surface area (Å²) < 4.78 is 0. The fourth-order valence-corrected chi connectivity index (χ4v) is 4.45. The highest BCUT2D eigenvalue weighted by atomic mass is 32.2. The summed E-state index contributed by atoms with van der Waals surface area (Å²) in [6.45, 7) is 3.89. The van der Waals surface area contributed by atoms with Crippen molar-refractivity contribution in [1.82, 2.24) is 9.88 Å². The molecular weight excluding hydrogens is 336 g/mol. The van der Waals surface area contributed by atoms with Crippen molar-refractivity contribution in [2.24, 2.45) is 0 Å². The first-order valence-corrected chi connectivity index (χ1v) is 9.31. The number of pyridine rings is 1. The zero-order chi connectivity index (χ0) is 18.0. The molecule has 1 aromatic carbocycles. The Bertz CT molecular complexity index is 767. The molecule has 6 heteroatoms. The van der Waals surface area contributed by atoms with E-state index in [1.54, 1.807) is 29.8 Å². The Labute approximate surface area is 151 Å². The normalized spacial score (nSPS) is 18.6. The van der Waals surface area contributed by atoms with Crippen LogP contribution in [0.15, 0.2) is 36.5 Å². The van der Waals surface area contributed by atoms with Gasteiger partial charge in [0.2, 0.25) is 5.91 Å². The van der Waals surface area contributed by atoms with E-state index in [0.29, 0.717) is 22.6 Å². The topological polar surface area (TPSA) is 73.7 Å². The number of aliphatic hydroxyl groups excluding tert-OH is 1. The van der Waals surface area contributed by atoms with Gasteiger partial charge in [-0.15, -0.1) is 11.8 Å². The van der Waals surface area contributed by atoms with Crippen LogP contribution in [0.1, 0.15) is 35.2 Å². The van der Waals surface area contributed by atoms with E-state index in [-0.39, 0.29) is 36.1 Å². The van der Waals surface area contributed by atoms with Crippen molar-refractivity contribution in [3.63, 3.8) is 0 Å². The van der Waals surface area contributed by atoms with Crippen molar-refractivity contribution >= 4 is 17.7 Å². The lowest BCUT2D eigenvalue weighted by molar-refractivity contribution is -0.128. The second-order valence-corrected chi connectivity index (χ2v) is 7.38. The zero-order valence-electron chi connectivity index (χ0n) is 14.3. The lowest BCUT2D eigenvalue weighted by atomic mass is 9.99. The van der Waals surface area contributed by atoms with Crippen LogP contribution in [0.25, 0.3) is 0 Å². The summed E-state index contributed by atoms with van der Waals surface area (Å²) in [6.07, 6.45) is 1.56. The SMILES string of the molecule is Cc1ncc(CO)c(CN2C(=O)CSC2C(C)c2ccccc2)c1O. The average molecular weight is 358 g/mol. The van der Waals surface area contributed by atoms with Crippen molar-refractivity contribution in [2.45, 2.75) is 38.3 Å². The molecule has 2 heterocycles. The van der Waals surface area contributed by atoms with Gasteiger partial charge >= 0.3 is 0 Å². The van der Waals surface area contributed by atoms with Crippen LogP contribution in [-0.2, 0) is 17.9 Å². The third kappa shape index (κ3) is 3.50. The third-order valence-corrected chi connectivity index (χ3v) is 6.11. The number of benzene rings is 1. The molecule has 2 aromatic rings. The number of aromatic hydroxyl groups is 1. The Morgan fingerprint density at radius 2 is 2.08 bits per heavy atom. The van der Waals surface area contributed by atoms with Crippen molar-refractivity contribution < 1.29 is 15.0 Å². The van der Waals surface area contributed by atoms with Crippen LogP contribution in [0.2, 0.25) is 0 Å². The molecule has 5 nitrogen and oxygen atoms in total. The lowest BCUT2D eigenvalue weighted by Gasteiger charge is -2.30. The van der Waals surface area contributed by atoms with E-state index in [1.807, 2.05) is 18.2 Å². The van der Waals surface area contributed by atoms with Crippen LogP contribution in [0.5, 0.6) is 5.75 Å². The number of thioether (sulfide) groups is 1. The van der Waals surface area contributed by atoms with Crippen molar-refractivity contribution in [2.75, 3.05) is 5.75 Å². The Morgan fingerprint density at radius 1 is 1.36 bits per heavy atom. The molecule has 2 atom stereocenters. The summed E-state index contributed by atoms with van der Waals surface area (Å²) in [5.41, 5.74) is 2.81. The second-order valence-electron chi connectivity index (χ2n) is 6.28. The van der Waals surface area contributed by atoms with Crippen LogP contribution in [0.3, 0.4) is 0 Å². The van der Waals surface area contributed by atoms with Crippen LogP contribution in [0, 0.1) is 6.92 Å². The number of nitrogens with zero attached hydrogens (tertiary/aromatic N) is 2. The van der Waals surface area contributed by atoms with Crippen molar-refractivity contribution in [3.8, 4) is 5.75 Å². The molecule has 2 N–H and O–H groups in total. The van der Waals surface area contributed by atoms with E-state index in [1.165, 1.54) is 5.56 Å². The Morgan fingerprint density at radius 3 is 2.76 bits per heavy atom. The molecular formula is C19H22N2O3S. The molecule has 1 saturated heterocycles. The third-order valence-electron chi connectivity index (χ3n) is 4.69. The van der Waals surface area contributed by atoms with Gasteiger partial charge in [0.15, 0.2) is 0 Å². The van der Waals surface area contributed by atoms with Gasteiger partial charge in [-0.2, -0.15) is 0 Å². The molecule has 25 heavy (non-hydrogen) atoms. The number of hydrogen-bond donors (Lipinski definition) is 2. The molecule has 1 aromatic heterocycles. The van der Waals surface area contributed by atoms with Gasteiger partial charge in [-0.1, -0.05) is 37.3 Å². The van der Waals surface area contributed by atoms with Gasteiger partial charge in [-0.05, 0) is 12.5 Å². The number of hydrogen-bond acceptors (Lipinski definition) is 5. The Kier molecular flexibility index (Phi) is 5.30. The molecule has 1 fully saturated rings. The van der Waals surface area contributed by atoms with E-state index in [2.05, 4.69) is 24.0 Å². The number of aromatic nitrogens is 1. The number of aliphatic hydroxyl groups is 1. The number of amides is 1. The van der Waals surface area contributed by atoms with Gasteiger partial charge in [0.1, 0.15) is 5.75 Å². The maximum atomic E-state index is 12.5. The van der Waals surface area contributed by atoms with E-state index in [9.17, 15) is 15.0 Å². The lowest BCUT2D eigenvalue weighted by Crippen LogP contribution is -2.35. The average Bonchev–Trinajstić information content (AvgIpc) is 3.00. The first kappa shape index (κ1) is 17.8. The summed E-state index contributed by atoms with van der Waals surface area (Å²) in [6, 6.07) is 10.1. The highest BCUT2D eigenvalue weighted by molar-refractivity contribution is 8.01. The van der Waals surface area contributed by atoms with Gasteiger partial charge in [-0.3, -0.25) is 9.78 Å². The highest BCUT2D eigenvalue weighted by Crippen LogP contribution is 2.38.